The van der Waals surface area contributed by atoms with Crippen molar-refractivity contribution in [2.75, 3.05) is 5.32 Å². The summed E-state index contributed by atoms with van der Waals surface area (Å²) in [5.41, 5.74) is 4.63. The average Bonchev–Trinajstić information content (AvgIpc) is 3.09. The van der Waals surface area contributed by atoms with Gasteiger partial charge in [-0.15, -0.1) is 0 Å². The molecule has 5 heteroatoms. The largest absolute Gasteiger partial charge is 0.345 e. The molecule has 0 radical (unpaired) electrons. The van der Waals surface area contributed by atoms with E-state index in [0.29, 0.717) is 6.54 Å². The van der Waals surface area contributed by atoms with E-state index in [9.17, 15) is 4.79 Å². The van der Waals surface area contributed by atoms with Gasteiger partial charge in [-0.3, -0.25) is 4.79 Å². The maximum atomic E-state index is 12.5. The number of anilines is 1. The van der Waals surface area contributed by atoms with E-state index >= 15 is 0 Å². The standard InChI is InChI=1S/C20H26N4O/c1-6-24-15(4)14(3)18-11-17(7-8-19(18)24)22-20(25)13(2)12-23-10-9-21-16(23)5/h7-11,13H,6,12H2,1-5H3,(H,22,25). The van der Waals surface area contributed by atoms with Crippen LogP contribution >= 0.6 is 0 Å². The van der Waals surface area contributed by atoms with Gasteiger partial charge in [-0.1, -0.05) is 6.92 Å². The molecule has 0 saturated carbocycles. The summed E-state index contributed by atoms with van der Waals surface area (Å²) in [6, 6.07) is 6.16. The Balaban J connectivity index is 1.79. The third kappa shape index (κ3) is 3.18. The summed E-state index contributed by atoms with van der Waals surface area (Å²) in [5.74, 6) is 0.816. The van der Waals surface area contributed by atoms with Crippen molar-refractivity contribution in [1.82, 2.24) is 14.1 Å². The van der Waals surface area contributed by atoms with Gasteiger partial charge in [0.05, 0.1) is 5.92 Å². The number of carbonyl (C=O) groups excluding carboxylic acids is 1. The molecule has 1 N–H and O–H groups in total. The Morgan fingerprint density at radius 1 is 1.28 bits per heavy atom. The summed E-state index contributed by atoms with van der Waals surface area (Å²) in [6.07, 6.45) is 3.67. The Kier molecular flexibility index (Phi) is 4.66. The number of aromatic nitrogens is 3. The minimum Gasteiger partial charge on any atom is -0.345 e. The van der Waals surface area contributed by atoms with Crippen LogP contribution in [0.3, 0.4) is 0 Å². The van der Waals surface area contributed by atoms with Gasteiger partial charge in [0.15, 0.2) is 0 Å². The molecule has 0 bridgehead atoms. The molecule has 132 valence electrons. The van der Waals surface area contributed by atoms with Crippen molar-refractivity contribution in [2.45, 2.75) is 47.7 Å². The van der Waals surface area contributed by atoms with Crippen molar-refractivity contribution in [2.24, 2.45) is 5.92 Å². The predicted octanol–water partition coefficient (Wildman–Crippen LogP) is 4.06. The summed E-state index contributed by atoms with van der Waals surface area (Å²) >= 11 is 0. The van der Waals surface area contributed by atoms with Crippen LogP contribution in [0.2, 0.25) is 0 Å². The molecule has 25 heavy (non-hydrogen) atoms. The topological polar surface area (TPSA) is 51.9 Å². The summed E-state index contributed by atoms with van der Waals surface area (Å²) < 4.78 is 4.31. The zero-order valence-corrected chi connectivity index (χ0v) is 15.6. The third-order valence-electron chi connectivity index (χ3n) is 5.06. The highest BCUT2D eigenvalue weighted by atomic mass is 16.1. The number of hydrogen-bond donors (Lipinski definition) is 1. The van der Waals surface area contributed by atoms with Gasteiger partial charge >= 0.3 is 0 Å². The number of nitrogens with one attached hydrogen (secondary N) is 1. The van der Waals surface area contributed by atoms with Crippen molar-refractivity contribution >= 4 is 22.5 Å². The number of hydrogen-bond acceptors (Lipinski definition) is 2. The van der Waals surface area contributed by atoms with Crippen molar-refractivity contribution in [3.05, 3.63) is 47.7 Å². The number of fused-ring (bicyclic) bond motifs is 1. The molecule has 0 spiro atoms. The van der Waals surface area contributed by atoms with E-state index in [4.69, 9.17) is 0 Å². The van der Waals surface area contributed by atoms with Crippen molar-refractivity contribution in [1.29, 1.82) is 0 Å². The molecule has 3 rings (SSSR count). The Morgan fingerprint density at radius 3 is 2.68 bits per heavy atom. The van der Waals surface area contributed by atoms with Gasteiger partial charge in [-0.05, 0) is 51.5 Å². The van der Waals surface area contributed by atoms with E-state index in [-0.39, 0.29) is 11.8 Å². The second-order valence-corrected chi connectivity index (χ2v) is 6.70. The molecular formula is C20H26N4O. The first kappa shape index (κ1) is 17.3. The lowest BCUT2D eigenvalue weighted by Gasteiger charge is -2.14. The molecule has 1 unspecified atom stereocenters. The minimum absolute atomic E-state index is 0.0248. The monoisotopic (exact) mass is 338 g/mol. The van der Waals surface area contributed by atoms with Crippen LogP contribution in [0.4, 0.5) is 5.69 Å². The van der Waals surface area contributed by atoms with Crippen LogP contribution in [0.15, 0.2) is 30.6 Å². The zero-order chi connectivity index (χ0) is 18.1. The second-order valence-electron chi connectivity index (χ2n) is 6.70. The number of amides is 1. The lowest BCUT2D eigenvalue weighted by atomic mass is 10.1. The highest BCUT2D eigenvalue weighted by Gasteiger charge is 2.16. The quantitative estimate of drug-likeness (QED) is 0.763. The number of nitrogens with zero attached hydrogens (tertiary/aromatic N) is 3. The molecule has 0 aliphatic rings. The Hall–Kier alpha value is -2.56. The summed E-state index contributed by atoms with van der Waals surface area (Å²) in [4.78, 5) is 16.8. The minimum atomic E-state index is -0.133. The SMILES string of the molecule is CCn1c(C)c(C)c2cc(NC(=O)C(C)Cn3ccnc3C)ccc21. The molecule has 0 aliphatic carbocycles. The molecule has 0 saturated heterocycles. The molecule has 1 amide bonds. The van der Waals surface area contributed by atoms with Crippen molar-refractivity contribution in [3.8, 4) is 0 Å². The molecule has 3 aromatic rings. The first-order valence-electron chi connectivity index (χ1n) is 8.80. The van der Waals surface area contributed by atoms with E-state index in [2.05, 4.69) is 47.8 Å². The normalized spacial score (nSPS) is 12.5. The fraction of sp³-hybridized carbons (Fsp3) is 0.400. The first-order chi connectivity index (χ1) is 11.9. The third-order valence-corrected chi connectivity index (χ3v) is 5.06. The molecule has 5 nitrogen and oxygen atoms in total. The molecule has 1 aromatic carbocycles. The summed E-state index contributed by atoms with van der Waals surface area (Å²) in [6.45, 7) is 11.9. The van der Waals surface area contributed by atoms with Crippen LogP contribution in [0, 0.1) is 26.7 Å². The van der Waals surface area contributed by atoms with E-state index in [1.165, 1.54) is 22.2 Å². The van der Waals surface area contributed by atoms with Gasteiger partial charge in [-0.25, -0.2) is 4.98 Å². The Bertz CT molecular complexity index is 919. The van der Waals surface area contributed by atoms with Gasteiger partial charge in [0.25, 0.3) is 0 Å². The molecule has 2 aromatic heterocycles. The van der Waals surface area contributed by atoms with Crippen LogP contribution in [0.5, 0.6) is 0 Å². The zero-order valence-electron chi connectivity index (χ0n) is 15.6. The second kappa shape index (κ2) is 6.75. The van der Waals surface area contributed by atoms with Crippen LogP contribution in [0.1, 0.15) is 30.9 Å². The number of aryl methyl sites for hydroxylation is 3. The van der Waals surface area contributed by atoms with Gasteiger partial charge in [0.2, 0.25) is 5.91 Å². The van der Waals surface area contributed by atoms with Crippen LogP contribution < -0.4 is 5.32 Å². The molecule has 1 atom stereocenters. The predicted molar refractivity (Wildman–Crippen MR) is 102 cm³/mol. The molecule has 0 fully saturated rings. The van der Waals surface area contributed by atoms with Crippen LogP contribution in [-0.4, -0.2) is 20.0 Å². The lowest BCUT2D eigenvalue weighted by Crippen LogP contribution is -2.24. The average molecular weight is 338 g/mol. The number of carbonyl (C=O) groups is 1. The van der Waals surface area contributed by atoms with E-state index < -0.39 is 0 Å². The Morgan fingerprint density at radius 2 is 2.04 bits per heavy atom. The maximum Gasteiger partial charge on any atom is 0.229 e. The van der Waals surface area contributed by atoms with Gasteiger partial charge in [0, 0.05) is 47.8 Å². The summed E-state index contributed by atoms with van der Waals surface area (Å²) in [7, 11) is 0. The van der Waals surface area contributed by atoms with Crippen LogP contribution in [0.25, 0.3) is 10.9 Å². The highest BCUT2D eigenvalue weighted by Crippen LogP contribution is 2.28. The molecule has 0 aliphatic heterocycles. The van der Waals surface area contributed by atoms with E-state index in [1.54, 1.807) is 6.20 Å². The van der Waals surface area contributed by atoms with E-state index in [0.717, 1.165) is 18.1 Å². The fourth-order valence-electron chi connectivity index (χ4n) is 3.38. The fourth-order valence-corrected chi connectivity index (χ4v) is 3.38. The first-order valence-corrected chi connectivity index (χ1v) is 8.80. The van der Waals surface area contributed by atoms with Crippen molar-refractivity contribution in [3.63, 3.8) is 0 Å². The van der Waals surface area contributed by atoms with E-state index in [1.807, 2.05) is 30.7 Å². The van der Waals surface area contributed by atoms with Gasteiger partial charge < -0.3 is 14.5 Å². The van der Waals surface area contributed by atoms with Crippen molar-refractivity contribution < 1.29 is 4.79 Å². The van der Waals surface area contributed by atoms with Crippen LogP contribution in [-0.2, 0) is 17.9 Å². The number of benzene rings is 1. The smallest absolute Gasteiger partial charge is 0.229 e. The summed E-state index contributed by atoms with van der Waals surface area (Å²) in [5, 5.41) is 4.26. The lowest BCUT2D eigenvalue weighted by molar-refractivity contribution is -0.119. The Labute approximate surface area is 148 Å². The van der Waals surface area contributed by atoms with Gasteiger partial charge in [-0.2, -0.15) is 0 Å². The number of imidazole rings is 1. The molecule has 2 heterocycles. The number of rotatable bonds is 5. The highest BCUT2D eigenvalue weighted by molar-refractivity contribution is 5.96. The van der Waals surface area contributed by atoms with Gasteiger partial charge in [0.1, 0.15) is 5.82 Å². The molecular weight excluding hydrogens is 312 g/mol. The maximum absolute atomic E-state index is 12.5.